The molecule has 0 aliphatic heterocycles. The molecule has 21 heavy (non-hydrogen) atoms. The Kier molecular flexibility index (Phi) is 3.40. The highest BCUT2D eigenvalue weighted by Crippen LogP contribution is 2.34. The summed E-state index contributed by atoms with van der Waals surface area (Å²) in [6.45, 7) is 0. The molecule has 2 aromatic carbocycles. The summed E-state index contributed by atoms with van der Waals surface area (Å²) in [6, 6.07) is 12.2. The first-order valence-corrected chi connectivity index (χ1v) is 8.26. The van der Waals surface area contributed by atoms with E-state index in [9.17, 15) is 13.0 Å². The van der Waals surface area contributed by atoms with Crippen molar-refractivity contribution in [2.45, 2.75) is 4.90 Å². The second-order valence-electron chi connectivity index (χ2n) is 4.33. The van der Waals surface area contributed by atoms with Gasteiger partial charge in [0.15, 0.2) is 0 Å². The zero-order valence-corrected chi connectivity index (χ0v) is 12.6. The lowest BCUT2D eigenvalue weighted by Crippen LogP contribution is -2.01. The minimum absolute atomic E-state index is 0.0994. The van der Waals surface area contributed by atoms with Crippen molar-refractivity contribution in [2.75, 3.05) is 7.11 Å². The zero-order chi connectivity index (χ0) is 15.0. The van der Waals surface area contributed by atoms with Crippen molar-refractivity contribution in [3.63, 3.8) is 0 Å². The highest BCUT2D eigenvalue weighted by molar-refractivity contribution is 7.86. The van der Waals surface area contributed by atoms with Crippen molar-refractivity contribution in [1.29, 1.82) is 0 Å². The number of nitrogens with zero attached hydrogens (tertiary/aromatic N) is 1. The van der Waals surface area contributed by atoms with Gasteiger partial charge in [0.1, 0.15) is 15.7 Å². The first-order chi connectivity index (χ1) is 9.99. The van der Waals surface area contributed by atoms with Gasteiger partial charge in [-0.15, -0.1) is 11.3 Å². The fourth-order valence-corrected chi connectivity index (χ4v) is 3.65. The van der Waals surface area contributed by atoms with E-state index in [0.717, 1.165) is 10.2 Å². The van der Waals surface area contributed by atoms with Crippen LogP contribution < -0.4 is 4.74 Å². The zero-order valence-electron chi connectivity index (χ0n) is 11.0. The standard InChI is InChI=1S/C14H11NO4S2/c1-19-11-7-6-9(8-13(11)21(16,17)18)14-15-10-4-2-3-5-12(10)20-14/h2-8H,1H3,(H,16,17,18). The smallest absolute Gasteiger partial charge is 0.298 e. The molecule has 0 aliphatic carbocycles. The third kappa shape index (κ3) is 2.63. The monoisotopic (exact) mass is 321 g/mol. The van der Waals surface area contributed by atoms with E-state index in [1.807, 2.05) is 24.3 Å². The molecule has 3 aromatic rings. The number of aromatic nitrogens is 1. The van der Waals surface area contributed by atoms with E-state index in [-0.39, 0.29) is 10.6 Å². The molecule has 0 aliphatic rings. The molecule has 1 aromatic heterocycles. The van der Waals surface area contributed by atoms with Crippen LogP contribution in [0.25, 0.3) is 20.8 Å². The molecule has 1 heterocycles. The van der Waals surface area contributed by atoms with Crippen LogP contribution in [0.2, 0.25) is 0 Å². The van der Waals surface area contributed by atoms with Crippen LogP contribution in [0.5, 0.6) is 5.75 Å². The van der Waals surface area contributed by atoms with Crippen LogP contribution in [0.1, 0.15) is 0 Å². The van der Waals surface area contributed by atoms with Gasteiger partial charge < -0.3 is 4.74 Å². The fourth-order valence-electron chi connectivity index (χ4n) is 2.01. The molecule has 0 saturated heterocycles. The van der Waals surface area contributed by atoms with Crippen LogP contribution in [0.3, 0.4) is 0 Å². The predicted octanol–water partition coefficient (Wildman–Crippen LogP) is 3.22. The van der Waals surface area contributed by atoms with Gasteiger partial charge in [0.2, 0.25) is 0 Å². The Morgan fingerprint density at radius 2 is 1.95 bits per heavy atom. The summed E-state index contributed by atoms with van der Waals surface area (Å²) < 4.78 is 38.1. The minimum atomic E-state index is -4.35. The quantitative estimate of drug-likeness (QED) is 0.750. The number of rotatable bonds is 3. The van der Waals surface area contributed by atoms with Gasteiger partial charge in [-0.2, -0.15) is 8.42 Å². The maximum Gasteiger partial charge on any atom is 0.298 e. The summed E-state index contributed by atoms with van der Waals surface area (Å²) in [7, 11) is -3.01. The number of benzene rings is 2. The topological polar surface area (TPSA) is 76.5 Å². The van der Waals surface area contributed by atoms with E-state index in [4.69, 9.17) is 4.74 Å². The highest BCUT2D eigenvalue weighted by atomic mass is 32.2. The fraction of sp³-hybridized carbons (Fsp3) is 0.0714. The number of hydrogen-bond donors (Lipinski definition) is 1. The maximum atomic E-state index is 11.4. The van der Waals surface area contributed by atoms with Crippen molar-refractivity contribution in [3.05, 3.63) is 42.5 Å². The Bertz CT molecular complexity index is 883. The van der Waals surface area contributed by atoms with Gasteiger partial charge in [-0.3, -0.25) is 4.55 Å². The van der Waals surface area contributed by atoms with Crippen molar-refractivity contribution >= 4 is 31.7 Å². The number of thiazole rings is 1. The normalized spacial score (nSPS) is 11.7. The molecule has 7 heteroatoms. The molecule has 0 fully saturated rings. The van der Waals surface area contributed by atoms with Crippen molar-refractivity contribution < 1.29 is 17.7 Å². The Morgan fingerprint density at radius 3 is 2.62 bits per heavy atom. The van der Waals surface area contributed by atoms with Gasteiger partial charge in [-0.05, 0) is 30.3 Å². The summed E-state index contributed by atoms with van der Waals surface area (Å²) >= 11 is 1.45. The molecule has 5 nitrogen and oxygen atoms in total. The minimum Gasteiger partial charge on any atom is -0.495 e. The Balaban J connectivity index is 2.19. The van der Waals surface area contributed by atoms with Gasteiger partial charge >= 0.3 is 0 Å². The van der Waals surface area contributed by atoms with E-state index in [1.165, 1.54) is 30.6 Å². The number of fused-ring (bicyclic) bond motifs is 1. The largest absolute Gasteiger partial charge is 0.495 e. The van der Waals surface area contributed by atoms with Crippen molar-refractivity contribution in [2.24, 2.45) is 0 Å². The van der Waals surface area contributed by atoms with Gasteiger partial charge in [-0.1, -0.05) is 12.1 Å². The molecule has 0 spiro atoms. The van der Waals surface area contributed by atoms with Crippen molar-refractivity contribution in [1.82, 2.24) is 4.98 Å². The van der Waals surface area contributed by atoms with Crippen LogP contribution in [0.15, 0.2) is 47.4 Å². The summed E-state index contributed by atoms with van der Waals surface area (Å²) in [5, 5.41) is 0.684. The van der Waals surface area contributed by atoms with Crippen LogP contribution in [-0.4, -0.2) is 25.1 Å². The summed E-state index contributed by atoms with van der Waals surface area (Å²) in [6.07, 6.45) is 0. The second-order valence-corrected chi connectivity index (χ2v) is 6.75. The van der Waals surface area contributed by atoms with Crippen LogP contribution in [0, 0.1) is 0 Å². The van der Waals surface area contributed by atoms with Crippen molar-refractivity contribution in [3.8, 4) is 16.3 Å². The van der Waals surface area contributed by atoms with E-state index >= 15 is 0 Å². The summed E-state index contributed by atoms with van der Waals surface area (Å²) in [5.41, 5.74) is 1.46. The molecule has 108 valence electrons. The molecule has 1 N–H and O–H groups in total. The molecular weight excluding hydrogens is 310 g/mol. The molecule has 0 amide bonds. The first-order valence-electron chi connectivity index (χ1n) is 6.00. The molecule has 0 radical (unpaired) electrons. The average molecular weight is 321 g/mol. The third-order valence-electron chi connectivity index (χ3n) is 2.98. The van der Waals surface area contributed by atoms with Crippen LogP contribution in [-0.2, 0) is 10.1 Å². The van der Waals surface area contributed by atoms with Crippen LogP contribution in [0.4, 0.5) is 0 Å². The van der Waals surface area contributed by atoms with Gasteiger partial charge in [-0.25, -0.2) is 4.98 Å². The lowest BCUT2D eigenvalue weighted by molar-refractivity contribution is 0.397. The van der Waals surface area contributed by atoms with E-state index in [1.54, 1.807) is 6.07 Å². The molecule has 0 atom stereocenters. The predicted molar refractivity (Wildman–Crippen MR) is 81.4 cm³/mol. The number of ether oxygens (including phenoxy) is 1. The Hall–Kier alpha value is -1.96. The summed E-state index contributed by atoms with van der Waals surface area (Å²) in [5.74, 6) is 0.0994. The van der Waals surface area contributed by atoms with Gasteiger partial charge in [0.25, 0.3) is 10.1 Å². The SMILES string of the molecule is COc1ccc(-c2nc3ccccc3s2)cc1S(=O)(=O)O. The molecular formula is C14H11NO4S2. The lowest BCUT2D eigenvalue weighted by atomic mass is 10.2. The number of para-hydroxylation sites is 1. The van der Waals surface area contributed by atoms with Gasteiger partial charge in [0, 0.05) is 5.56 Å². The maximum absolute atomic E-state index is 11.4. The number of hydrogen-bond acceptors (Lipinski definition) is 5. The summed E-state index contributed by atoms with van der Waals surface area (Å²) in [4.78, 5) is 4.20. The highest BCUT2D eigenvalue weighted by Gasteiger charge is 2.18. The lowest BCUT2D eigenvalue weighted by Gasteiger charge is -2.07. The van der Waals surface area contributed by atoms with E-state index in [0.29, 0.717) is 10.6 Å². The Morgan fingerprint density at radius 1 is 1.19 bits per heavy atom. The number of methoxy groups -OCH3 is 1. The first kappa shape index (κ1) is 14.0. The molecule has 3 rings (SSSR count). The Labute approximate surface area is 125 Å². The average Bonchev–Trinajstić information content (AvgIpc) is 2.89. The molecule has 0 unspecified atom stereocenters. The molecule has 0 bridgehead atoms. The molecule has 0 saturated carbocycles. The van der Waals surface area contributed by atoms with E-state index < -0.39 is 10.1 Å². The third-order valence-corrected chi connectivity index (χ3v) is 4.94. The van der Waals surface area contributed by atoms with Crippen LogP contribution >= 0.6 is 11.3 Å². The second kappa shape index (κ2) is 5.10. The van der Waals surface area contributed by atoms with Gasteiger partial charge in [0.05, 0.1) is 17.3 Å². The van der Waals surface area contributed by atoms with E-state index in [2.05, 4.69) is 4.98 Å².